The van der Waals surface area contributed by atoms with Crippen molar-refractivity contribution in [2.24, 2.45) is 23.5 Å². The third kappa shape index (κ3) is 1.97. The summed E-state index contributed by atoms with van der Waals surface area (Å²) in [7, 11) is 0. The first-order valence-electron chi connectivity index (χ1n) is 6.68. The maximum absolute atomic E-state index is 13.1. The van der Waals surface area contributed by atoms with Gasteiger partial charge in [-0.2, -0.15) is 0 Å². The Balaban J connectivity index is 1.72. The molecule has 4 atom stereocenters. The molecule has 0 amide bonds. The van der Waals surface area contributed by atoms with Gasteiger partial charge in [0.1, 0.15) is 11.6 Å². The van der Waals surface area contributed by atoms with Gasteiger partial charge in [-0.05, 0) is 48.8 Å². The maximum Gasteiger partial charge on any atom is 0.142 e. The number of nitrogens with two attached hydrogens (primary N) is 1. The third-order valence-corrected chi connectivity index (χ3v) is 4.62. The molecule has 18 heavy (non-hydrogen) atoms. The van der Waals surface area contributed by atoms with Gasteiger partial charge in [0.2, 0.25) is 0 Å². The van der Waals surface area contributed by atoms with Crippen molar-refractivity contribution in [2.45, 2.75) is 31.7 Å². The van der Waals surface area contributed by atoms with Crippen molar-refractivity contribution in [2.75, 3.05) is 0 Å². The van der Waals surface area contributed by atoms with Gasteiger partial charge in [-0.3, -0.25) is 4.79 Å². The molecule has 3 rings (SSSR count). The second kappa shape index (κ2) is 4.47. The van der Waals surface area contributed by atoms with E-state index in [9.17, 15) is 9.18 Å². The van der Waals surface area contributed by atoms with Crippen LogP contribution in [0, 0.1) is 23.6 Å². The van der Waals surface area contributed by atoms with Crippen LogP contribution in [0.2, 0.25) is 0 Å². The number of benzene rings is 1. The molecule has 2 saturated carbocycles. The van der Waals surface area contributed by atoms with E-state index >= 15 is 0 Å². The Morgan fingerprint density at radius 1 is 1.33 bits per heavy atom. The lowest BCUT2D eigenvalue weighted by Gasteiger charge is -2.26. The zero-order valence-corrected chi connectivity index (χ0v) is 10.3. The summed E-state index contributed by atoms with van der Waals surface area (Å²) in [5, 5.41) is 0. The molecule has 2 N–H and O–H groups in total. The van der Waals surface area contributed by atoms with E-state index in [1.807, 2.05) is 0 Å². The van der Waals surface area contributed by atoms with Gasteiger partial charge in [-0.1, -0.05) is 12.1 Å². The number of hydrogen-bond acceptors (Lipinski definition) is 2. The number of carbonyl (C=O) groups is 1. The van der Waals surface area contributed by atoms with Crippen LogP contribution in [0.1, 0.15) is 24.8 Å². The van der Waals surface area contributed by atoms with E-state index in [1.165, 1.54) is 18.6 Å². The molecule has 2 nitrogen and oxygen atoms in total. The van der Waals surface area contributed by atoms with Crippen LogP contribution in [0.5, 0.6) is 0 Å². The van der Waals surface area contributed by atoms with Gasteiger partial charge >= 0.3 is 0 Å². The number of hydrogen-bond donors (Lipinski definition) is 1. The lowest BCUT2D eigenvalue weighted by Crippen LogP contribution is -2.40. The van der Waals surface area contributed by atoms with E-state index in [0.29, 0.717) is 18.3 Å². The molecule has 96 valence electrons. The van der Waals surface area contributed by atoms with Crippen LogP contribution in [0.3, 0.4) is 0 Å². The second-order valence-corrected chi connectivity index (χ2v) is 5.71. The number of fused-ring (bicyclic) bond motifs is 2. The molecule has 2 fully saturated rings. The Morgan fingerprint density at radius 2 is 2.11 bits per heavy atom. The molecule has 1 aromatic rings. The lowest BCUT2D eigenvalue weighted by molar-refractivity contribution is -0.124. The van der Waals surface area contributed by atoms with Gasteiger partial charge in [0, 0.05) is 18.4 Å². The zero-order valence-electron chi connectivity index (χ0n) is 10.3. The zero-order chi connectivity index (χ0) is 12.7. The summed E-state index contributed by atoms with van der Waals surface area (Å²) < 4.78 is 13.1. The van der Waals surface area contributed by atoms with Crippen LogP contribution in [0.15, 0.2) is 24.3 Å². The van der Waals surface area contributed by atoms with E-state index in [-0.39, 0.29) is 23.6 Å². The molecule has 2 aliphatic carbocycles. The molecule has 1 aromatic carbocycles. The fraction of sp³-hybridized carbons (Fsp3) is 0.533. The van der Waals surface area contributed by atoms with Crippen LogP contribution in [-0.4, -0.2) is 11.8 Å². The summed E-state index contributed by atoms with van der Waals surface area (Å²) in [6.45, 7) is 0. The highest BCUT2D eigenvalue weighted by Crippen LogP contribution is 2.48. The Kier molecular flexibility index (Phi) is 2.94. The average molecular weight is 247 g/mol. The highest BCUT2D eigenvalue weighted by Gasteiger charge is 2.48. The molecular formula is C15H18FNO. The fourth-order valence-corrected chi connectivity index (χ4v) is 3.78. The normalized spacial score (nSPS) is 33.9. The minimum Gasteiger partial charge on any atom is -0.327 e. The first-order valence-corrected chi connectivity index (χ1v) is 6.68. The second-order valence-electron chi connectivity index (χ2n) is 5.71. The van der Waals surface area contributed by atoms with E-state index in [1.54, 1.807) is 12.1 Å². The minimum atomic E-state index is -0.280. The van der Waals surface area contributed by atoms with Gasteiger partial charge in [0.25, 0.3) is 0 Å². The quantitative estimate of drug-likeness (QED) is 0.890. The van der Waals surface area contributed by atoms with Crippen LogP contribution in [0.4, 0.5) is 4.39 Å². The summed E-state index contributed by atoms with van der Waals surface area (Å²) in [6.07, 6.45) is 3.74. The van der Waals surface area contributed by atoms with Crippen molar-refractivity contribution in [3.05, 3.63) is 35.6 Å². The SMILES string of the molecule is NC1C2CCC(C2)C1C(=O)Cc1cccc(F)c1. The van der Waals surface area contributed by atoms with Crippen molar-refractivity contribution < 1.29 is 9.18 Å². The first-order chi connectivity index (χ1) is 8.65. The topological polar surface area (TPSA) is 43.1 Å². The summed E-state index contributed by atoms with van der Waals surface area (Å²) >= 11 is 0. The molecule has 2 bridgehead atoms. The largest absolute Gasteiger partial charge is 0.327 e. The standard InChI is InChI=1S/C15H18FNO/c16-12-3-1-2-9(6-12)7-13(18)14-10-4-5-11(8-10)15(14)17/h1-3,6,10-11,14-15H,4-5,7-8,17H2. The molecule has 0 saturated heterocycles. The number of carbonyl (C=O) groups excluding carboxylic acids is 1. The molecule has 3 heteroatoms. The highest BCUT2D eigenvalue weighted by molar-refractivity contribution is 5.84. The van der Waals surface area contributed by atoms with Crippen LogP contribution in [0.25, 0.3) is 0 Å². The summed E-state index contributed by atoms with van der Waals surface area (Å²) in [4.78, 5) is 12.3. The van der Waals surface area contributed by atoms with Crippen molar-refractivity contribution in [3.63, 3.8) is 0 Å². The maximum atomic E-state index is 13.1. The van der Waals surface area contributed by atoms with Crippen molar-refractivity contribution in [1.29, 1.82) is 0 Å². The molecule has 0 aliphatic heterocycles. The van der Waals surface area contributed by atoms with E-state index in [0.717, 1.165) is 18.4 Å². The Bertz CT molecular complexity index is 471. The van der Waals surface area contributed by atoms with E-state index < -0.39 is 0 Å². The van der Waals surface area contributed by atoms with Crippen LogP contribution < -0.4 is 5.73 Å². The molecule has 0 spiro atoms. The molecule has 0 radical (unpaired) electrons. The average Bonchev–Trinajstić information content (AvgIpc) is 2.89. The van der Waals surface area contributed by atoms with Gasteiger partial charge in [-0.15, -0.1) is 0 Å². The lowest BCUT2D eigenvalue weighted by atomic mass is 9.80. The molecular weight excluding hydrogens is 229 g/mol. The number of ketones is 1. The van der Waals surface area contributed by atoms with Crippen molar-refractivity contribution in [1.82, 2.24) is 0 Å². The summed E-state index contributed by atoms with van der Waals surface area (Å²) in [5.41, 5.74) is 6.91. The molecule has 0 heterocycles. The van der Waals surface area contributed by atoms with E-state index in [2.05, 4.69) is 0 Å². The van der Waals surface area contributed by atoms with Crippen LogP contribution in [-0.2, 0) is 11.2 Å². The van der Waals surface area contributed by atoms with Crippen molar-refractivity contribution >= 4 is 5.78 Å². The third-order valence-electron chi connectivity index (χ3n) is 4.62. The molecule has 4 unspecified atom stereocenters. The van der Waals surface area contributed by atoms with Gasteiger partial charge in [0.15, 0.2) is 0 Å². The molecule has 2 aliphatic rings. The Labute approximate surface area is 106 Å². The number of Topliss-reactive ketones (excluding diaryl/α,β-unsaturated/α-hetero) is 1. The molecule has 0 aromatic heterocycles. The van der Waals surface area contributed by atoms with Gasteiger partial charge in [0.05, 0.1) is 0 Å². The number of rotatable bonds is 3. The van der Waals surface area contributed by atoms with Crippen molar-refractivity contribution in [3.8, 4) is 0 Å². The summed E-state index contributed by atoms with van der Waals surface area (Å²) in [6, 6.07) is 6.33. The monoisotopic (exact) mass is 247 g/mol. The number of halogens is 1. The first kappa shape index (κ1) is 11.8. The smallest absolute Gasteiger partial charge is 0.142 e. The predicted octanol–water partition coefficient (Wildman–Crippen LogP) is 2.31. The minimum absolute atomic E-state index is 0.00650. The fourth-order valence-electron chi connectivity index (χ4n) is 3.78. The predicted molar refractivity (Wildman–Crippen MR) is 67.4 cm³/mol. The Morgan fingerprint density at radius 3 is 2.78 bits per heavy atom. The van der Waals surface area contributed by atoms with Crippen LogP contribution >= 0.6 is 0 Å². The van der Waals surface area contributed by atoms with Gasteiger partial charge in [-0.25, -0.2) is 4.39 Å². The summed E-state index contributed by atoms with van der Waals surface area (Å²) in [5.74, 6) is 0.937. The van der Waals surface area contributed by atoms with Gasteiger partial charge < -0.3 is 5.73 Å². The van der Waals surface area contributed by atoms with E-state index in [4.69, 9.17) is 5.73 Å². The Hall–Kier alpha value is -1.22. The highest BCUT2D eigenvalue weighted by atomic mass is 19.1.